The zero-order valence-corrected chi connectivity index (χ0v) is 21.7. The number of thioether (sulfide) groups is 1. The summed E-state index contributed by atoms with van der Waals surface area (Å²) >= 11 is 1.53. The number of nitrogens with zero attached hydrogens (tertiary/aromatic N) is 1. The molecule has 0 radical (unpaired) electrons. The van der Waals surface area contributed by atoms with Gasteiger partial charge in [0.15, 0.2) is 0 Å². The van der Waals surface area contributed by atoms with Crippen LogP contribution in [0.25, 0.3) is 0 Å². The Morgan fingerprint density at radius 2 is 1.92 bits per heavy atom. The highest BCUT2D eigenvalue weighted by molar-refractivity contribution is 8.04. The molecule has 9 heteroatoms. The molecule has 3 aliphatic heterocycles. The summed E-state index contributed by atoms with van der Waals surface area (Å²) in [6, 6.07) is 15.2. The summed E-state index contributed by atoms with van der Waals surface area (Å²) in [5, 5.41) is 9.87. The van der Waals surface area contributed by atoms with E-state index in [0.717, 1.165) is 67.1 Å². The van der Waals surface area contributed by atoms with E-state index in [1.807, 2.05) is 60.4 Å². The third-order valence-corrected chi connectivity index (χ3v) is 9.24. The third-order valence-electron chi connectivity index (χ3n) is 7.89. The van der Waals surface area contributed by atoms with Gasteiger partial charge in [-0.15, -0.1) is 0 Å². The van der Waals surface area contributed by atoms with Crippen molar-refractivity contribution in [2.45, 2.75) is 62.5 Å². The Labute approximate surface area is 221 Å². The van der Waals surface area contributed by atoms with Crippen LogP contribution in [0.4, 0.5) is 10.5 Å². The molecule has 3 fully saturated rings. The van der Waals surface area contributed by atoms with Crippen molar-refractivity contribution in [1.82, 2.24) is 16.0 Å². The lowest BCUT2D eigenvalue weighted by Gasteiger charge is -2.46. The number of carbonyl (C=O) groups excluding carboxylic acids is 2. The van der Waals surface area contributed by atoms with Crippen molar-refractivity contribution in [3.8, 4) is 11.5 Å². The number of benzene rings is 2. The molecule has 2 aromatic rings. The van der Waals surface area contributed by atoms with Crippen molar-refractivity contribution in [3.63, 3.8) is 0 Å². The summed E-state index contributed by atoms with van der Waals surface area (Å²) in [7, 11) is 0. The maximum absolute atomic E-state index is 13.5. The van der Waals surface area contributed by atoms with Crippen LogP contribution in [0.3, 0.4) is 0 Å². The van der Waals surface area contributed by atoms with Crippen LogP contribution in [0.5, 0.6) is 11.5 Å². The highest BCUT2D eigenvalue weighted by Crippen LogP contribution is 2.48. The van der Waals surface area contributed by atoms with Crippen LogP contribution in [0.15, 0.2) is 59.1 Å². The van der Waals surface area contributed by atoms with Crippen molar-refractivity contribution in [3.05, 3.63) is 64.7 Å². The Morgan fingerprint density at radius 3 is 2.70 bits per heavy atom. The van der Waals surface area contributed by atoms with E-state index < -0.39 is 0 Å². The number of nitrogens with two attached hydrogens (primary N) is 1. The quantitative estimate of drug-likeness (QED) is 0.476. The molecule has 1 saturated carbocycles. The fraction of sp³-hybridized carbons (Fsp3) is 0.429. The van der Waals surface area contributed by atoms with E-state index in [-0.39, 0.29) is 41.4 Å². The largest absolute Gasteiger partial charge is 0.457 e. The van der Waals surface area contributed by atoms with Gasteiger partial charge in [-0.05, 0) is 68.6 Å². The Morgan fingerprint density at radius 1 is 1.11 bits per heavy atom. The number of aryl methyl sites for hydroxylation is 1. The van der Waals surface area contributed by atoms with Gasteiger partial charge in [0.05, 0.1) is 16.3 Å². The predicted molar refractivity (Wildman–Crippen MR) is 145 cm³/mol. The van der Waals surface area contributed by atoms with Gasteiger partial charge in [0.2, 0.25) is 0 Å². The van der Waals surface area contributed by atoms with Gasteiger partial charge < -0.3 is 26.4 Å². The van der Waals surface area contributed by atoms with E-state index >= 15 is 0 Å². The zero-order valence-electron chi connectivity index (χ0n) is 20.9. The van der Waals surface area contributed by atoms with Crippen LogP contribution >= 0.6 is 11.8 Å². The molecule has 37 heavy (non-hydrogen) atoms. The number of rotatable bonds is 5. The number of nitrogens with one attached hydrogen (secondary N) is 3. The SMILES string of the molecule is Cc1cc(Oc2ccccc2)ccc1N1C(=O)NC2=C(C(=O)N[C@@H]3CCCC[C@@H]3N)SC3NCCC1C23. The number of anilines is 1. The summed E-state index contributed by atoms with van der Waals surface area (Å²) in [4.78, 5) is 29.4. The molecule has 1 aliphatic carbocycles. The topological polar surface area (TPSA) is 109 Å². The number of piperidine rings is 1. The minimum Gasteiger partial charge on any atom is -0.457 e. The van der Waals surface area contributed by atoms with Crippen molar-refractivity contribution in [1.29, 1.82) is 0 Å². The average molecular weight is 520 g/mol. The lowest BCUT2D eigenvalue weighted by atomic mass is 9.86. The molecule has 2 aromatic carbocycles. The van der Waals surface area contributed by atoms with Crippen LogP contribution in [0, 0.1) is 12.8 Å². The molecule has 0 spiro atoms. The molecule has 6 rings (SSSR count). The average Bonchev–Trinajstić information content (AvgIpc) is 3.26. The molecule has 3 unspecified atom stereocenters. The molecule has 3 heterocycles. The molecule has 0 bridgehead atoms. The van der Waals surface area contributed by atoms with Crippen molar-refractivity contribution in [2.24, 2.45) is 11.7 Å². The molecular weight excluding hydrogens is 486 g/mol. The fourth-order valence-electron chi connectivity index (χ4n) is 6.06. The number of carbonyl (C=O) groups is 2. The maximum Gasteiger partial charge on any atom is 0.326 e. The Bertz CT molecular complexity index is 1240. The van der Waals surface area contributed by atoms with Crippen LogP contribution < -0.4 is 31.3 Å². The predicted octanol–water partition coefficient (Wildman–Crippen LogP) is 3.97. The number of amides is 3. The van der Waals surface area contributed by atoms with Crippen molar-refractivity contribution >= 4 is 29.4 Å². The van der Waals surface area contributed by atoms with E-state index in [1.165, 1.54) is 11.8 Å². The minimum atomic E-state index is -0.195. The normalized spacial score (nSPS) is 29.0. The summed E-state index contributed by atoms with van der Waals surface area (Å²) in [5.41, 5.74) is 8.85. The molecule has 3 amide bonds. The van der Waals surface area contributed by atoms with Gasteiger partial charge in [0.25, 0.3) is 5.91 Å². The lowest BCUT2D eigenvalue weighted by Crippen LogP contribution is -2.62. The Hall–Kier alpha value is -3.01. The van der Waals surface area contributed by atoms with E-state index in [4.69, 9.17) is 10.5 Å². The summed E-state index contributed by atoms with van der Waals surface area (Å²) in [6.07, 6.45) is 4.82. The van der Waals surface area contributed by atoms with Gasteiger partial charge in [-0.2, -0.15) is 0 Å². The molecule has 0 aromatic heterocycles. The van der Waals surface area contributed by atoms with Gasteiger partial charge >= 0.3 is 6.03 Å². The number of para-hydroxylation sites is 1. The number of hydrogen-bond donors (Lipinski definition) is 4. The highest BCUT2D eigenvalue weighted by Gasteiger charge is 2.52. The number of urea groups is 1. The first-order valence-electron chi connectivity index (χ1n) is 13.1. The first-order chi connectivity index (χ1) is 18.0. The Balaban J connectivity index is 1.25. The van der Waals surface area contributed by atoms with Crippen LogP contribution in [0.2, 0.25) is 0 Å². The van der Waals surface area contributed by atoms with E-state index in [2.05, 4.69) is 16.0 Å². The lowest BCUT2D eigenvalue weighted by molar-refractivity contribution is -0.117. The van der Waals surface area contributed by atoms with Gasteiger partial charge in [0, 0.05) is 29.4 Å². The molecule has 5 atom stereocenters. The molecule has 2 saturated heterocycles. The summed E-state index contributed by atoms with van der Waals surface area (Å²) in [5.74, 6) is 1.38. The molecule has 4 aliphatic rings. The third kappa shape index (κ3) is 4.60. The Kier molecular flexibility index (Phi) is 6.60. The molecular formula is C28H33N5O3S. The zero-order chi connectivity index (χ0) is 25.5. The first kappa shape index (κ1) is 24.3. The fourth-order valence-corrected chi connectivity index (χ4v) is 7.46. The maximum atomic E-state index is 13.5. The van der Waals surface area contributed by atoms with Crippen LogP contribution in [0.1, 0.15) is 37.7 Å². The highest BCUT2D eigenvalue weighted by atomic mass is 32.2. The van der Waals surface area contributed by atoms with E-state index in [0.29, 0.717) is 4.91 Å². The van der Waals surface area contributed by atoms with Gasteiger partial charge in [-0.3, -0.25) is 9.69 Å². The monoisotopic (exact) mass is 519 g/mol. The van der Waals surface area contributed by atoms with Crippen molar-refractivity contribution in [2.75, 3.05) is 11.4 Å². The second-order valence-corrected chi connectivity index (χ2v) is 11.5. The first-order valence-corrected chi connectivity index (χ1v) is 14.0. The summed E-state index contributed by atoms with van der Waals surface area (Å²) in [6.45, 7) is 2.78. The number of hydrogen-bond acceptors (Lipinski definition) is 6. The molecule has 8 nitrogen and oxygen atoms in total. The molecule has 194 valence electrons. The number of ether oxygens (including phenoxy) is 1. The molecule has 5 N–H and O–H groups in total. The second kappa shape index (κ2) is 10.0. The minimum absolute atomic E-state index is 0.0110. The standard InChI is InChI=1S/C28H33N5O3S/c1-16-15-18(36-17-7-3-2-4-8-17)11-12-21(16)33-22-13-14-30-27-23(22)24(32-28(33)35)25(37-27)26(34)31-20-10-6-5-9-19(20)29/h2-4,7-8,11-12,15,19-20,22-23,27,30H,5-6,9-10,13-14,29H2,1H3,(H,31,34)(H,32,35)/t19-,20+,22?,23?,27?/m0/s1. The van der Waals surface area contributed by atoms with Crippen LogP contribution in [-0.2, 0) is 4.79 Å². The summed E-state index contributed by atoms with van der Waals surface area (Å²) < 4.78 is 6.00. The van der Waals surface area contributed by atoms with Crippen molar-refractivity contribution < 1.29 is 14.3 Å². The van der Waals surface area contributed by atoms with Crippen LogP contribution in [-0.4, -0.2) is 42.0 Å². The second-order valence-electron chi connectivity index (χ2n) is 10.3. The van der Waals surface area contributed by atoms with Gasteiger partial charge in [0.1, 0.15) is 11.5 Å². The van der Waals surface area contributed by atoms with E-state index in [1.54, 1.807) is 0 Å². The van der Waals surface area contributed by atoms with Gasteiger partial charge in [-0.1, -0.05) is 42.8 Å². The smallest absolute Gasteiger partial charge is 0.326 e. The van der Waals surface area contributed by atoms with E-state index in [9.17, 15) is 9.59 Å². The van der Waals surface area contributed by atoms with Gasteiger partial charge in [-0.25, -0.2) is 4.79 Å².